The number of fused-ring (bicyclic) bond motifs is 1. The Morgan fingerprint density at radius 3 is 3.11 bits per heavy atom. The molecule has 94 valence electrons. The van der Waals surface area contributed by atoms with Gasteiger partial charge in [0.2, 0.25) is 0 Å². The van der Waals surface area contributed by atoms with Crippen molar-refractivity contribution in [3.63, 3.8) is 0 Å². The third-order valence-corrected chi connectivity index (χ3v) is 4.96. The van der Waals surface area contributed by atoms with Crippen molar-refractivity contribution in [2.24, 2.45) is 5.92 Å². The summed E-state index contributed by atoms with van der Waals surface area (Å²) >= 11 is 0. The van der Waals surface area contributed by atoms with Crippen molar-refractivity contribution in [3.05, 3.63) is 34.9 Å². The molecule has 2 heteroatoms. The molecule has 2 heterocycles. The topological polar surface area (TPSA) is 15.3 Å². The van der Waals surface area contributed by atoms with Gasteiger partial charge in [-0.05, 0) is 42.2 Å². The molecule has 0 unspecified atom stereocenters. The molecule has 3 atom stereocenters. The Morgan fingerprint density at radius 1 is 1.33 bits per heavy atom. The summed E-state index contributed by atoms with van der Waals surface area (Å²) in [5.74, 6) is 1.41. The summed E-state index contributed by atoms with van der Waals surface area (Å²) in [6.45, 7) is 4.70. The van der Waals surface area contributed by atoms with E-state index in [1.165, 1.54) is 24.2 Å². The molecule has 1 aromatic rings. The van der Waals surface area contributed by atoms with Crippen LogP contribution in [0.25, 0.3) is 6.08 Å². The van der Waals surface area contributed by atoms with Crippen LogP contribution in [-0.2, 0) is 0 Å². The Morgan fingerprint density at radius 2 is 2.22 bits per heavy atom. The summed E-state index contributed by atoms with van der Waals surface area (Å²) < 4.78 is 0. The summed E-state index contributed by atoms with van der Waals surface area (Å²) in [6.07, 6.45) is 3.76. The molecule has 2 aliphatic heterocycles. The molecular weight excluding hydrogens is 220 g/mol. The highest BCUT2D eigenvalue weighted by Crippen LogP contribution is 2.45. The first-order valence-corrected chi connectivity index (χ1v) is 7.02. The average molecular weight is 240 g/mol. The van der Waals surface area contributed by atoms with Crippen LogP contribution in [0.3, 0.4) is 0 Å². The number of nitrogens with zero attached hydrogens (tertiary/aromatic N) is 1. The summed E-state index contributed by atoms with van der Waals surface area (Å²) in [7, 11) is 2.28. The number of rotatable bonds is 0. The number of likely N-dealkylation sites (tertiary alicyclic amines) is 1. The first-order valence-electron chi connectivity index (χ1n) is 7.02. The lowest BCUT2D eigenvalue weighted by Crippen LogP contribution is -2.27. The third-order valence-electron chi connectivity index (χ3n) is 4.96. The molecule has 0 saturated carbocycles. The van der Waals surface area contributed by atoms with Crippen LogP contribution >= 0.6 is 0 Å². The Kier molecular flexibility index (Phi) is 2.13. The molecule has 4 rings (SSSR count). The second-order valence-corrected chi connectivity index (χ2v) is 6.12. The standard InChI is InChI=1S/C16H20N2/c1-10-9-18(2)15-7-12-8-17-14-5-3-4-11(16(12)14)6-13(10)15/h3-6,10,12,15,17H,7-9H2,1-2H3/t10-,12+,15+/m0/s1. The van der Waals surface area contributed by atoms with E-state index >= 15 is 0 Å². The maximum Gasteiger partial charge on any atom is 0.0382 e. The van der Waals surface area contributed by atoms with Crippen molar-refractivity contribution in [2.75, 3.05) is 25.5 Å². The van der Waals surface area contributed by atoms with E-state index < -0.39 is 0 Å². The fourth-order valence-electron chi connectivity index (χ4n) is 4.11. The molecule has 2 nitrogen and oxygen atoms in total. The molecule has 1 aromatic carbocycles. The number of hydrogen-bond acceptors (Lipinski definition) is 2. The molecule has 1 N–H and O–H groups in total. The van der Waals surface area contributed by atoms with Gasteiger partial charge < -0.3 is 5.32 Å². The van der Waals surface area contributed by atoms with Gasteiger partial charge >= 0.3 is 0 Å². The first kappa shape index (κ1) is 10.6. The van der Waals surface area contributed by atoms with Gasteiger partial charge in [0.15, 0.2) is 0 Å². The lowest BCUT2D eigenvalue weighted by molar-refractivity contribution is 0.299. The largest absolute Gasteiger partial charge is 0.384 e. The van der Waals surface area contributed by atoms with E-state index in [1.54, 1.807) is 11.1 Å². The highest BCUT2D eigenvalue weighted by atomic mass is 15.2. The van der Waals surface area contributed by atoms with Crippen molar-refractivity contribution < 1.29 is 0 Å². The van der Waals surface area contributed by atoms with Crippen LogP contribution in [0.5, 0.6) is 0 Å². The molecule has 0 amide bonds. The van der Waals surface area contributed by atoms with Crippen molar-refractivity contribution in [2.45, 2.75) is 25.3 Å². The lowest BCUT2D eigenvalue weighted by Gasteiger charge is -2.22. The summed E-state index contributed by atoms with van der Waals surface area (Å²) in [4.78, 5) is 2.54. The Labute approximate surface area is 109 Å². The van der Waals surface area contributed by atoms with Crippen molar-refractivity contribution in [3.8, 4) is 0 Å². The molecule has 0 aromatic heterocycles. The van der Waals surface area contributed by atoms with Gasteiger partial charge in [0, 0.05) is 30.7 Å². The van der Waals surface area contributed by atoms with E-state index in [-0.39, 0.29) is 0 Å². The molecule has 0 bridgehead atoms. The van der Waals surface area contributed by atoms with Gasteiger partial charge in [-0.25, -0.2) is 0 Å². The predicted molar refractivity (Wildman–Crippen MR) is 75.8 cm³/mol. The lowest BCUT2D eigenvalue weighted by atomic mass is 9.92. The zero-order valence-electron chi connectivity index (χ0n) is 11.1. The summed E-state index contributed by atoms with van der Waals surface area (Å²) in [5.41, 5.74) is 6.05. The van der Waals surface area contributed by atoms with Crippen LogP contribution in [0.1, 0.15) is 30.4 Å². The van der Waals surface area contributed by atoms with Crippen LogP contribution in [0.15, 0.2) is 23.8 Å². The Hall–Kier alpha value is -1.28. The van der Waals surface area contributed by atoms with Gasteiger partial charge in [-0.15, -0.1) is 0 Å². The number of nitrogens with one attached hydrogen (secondary N) is 1. The second-order valence-electron chi connectivity index (χ2n) is 6.12. The normalized spacial score (nSPS) is 33.4. The van der Waals surface area contributed by atoms with Crippen molar-refractivity contribution in [1.29, 1.82) is 0 Å². The zero-order valence-corrected chi connectivity index (χ0v) is 11.1. The van der Waals surface area contributed by atoms with Crippen LogP contribution < -0.4 is 5.32 Å². The Balaban J connectivity index is 1.89. The minimum atomic E-state index is 0.658. The van der Waals surface area contributed by atoms with E-state index in [1.807, 2.05) is 0 Å². The average Bonchev–Trinajstić information content (AvgIpc) is 2.80. The van der Waals surface area contributed by atoms with E-state index in [2.05, 4.69) is 48.5 Å². The van der Waals surface area contributed by atoms with Gasteiger partial charge in [-0.1, -0.05) is 25.1 Å². The van der Waals surface area contributed by atoms with Crippen LogP contribution in [-0.4, -0.2) is 31.1 Å². The van der Waals surface area contributed by atoms with E-state index in [0.29, 0.717) is 17.9 Å². The maximum absolute atomic E-state index is 3.57. The minimum Gasteiger partial charge on any atom is -0.384 e. The van der Waals surface area contributed by atoms with Crippen LogP contribution in [0, 0.1) is 5.92 Å². The zero-order chi connectivity index (χ0) is 12.3. The third kappa shape index (κ3) is 1.33. The van der Waals surface area contributed by atoms with Crippen molar-refractivity contribution >= 4 is 11.8 Å². The highest BCUT2D eigenvalue weighted by Gasteiger charge is 2.38. The SMILES string of the molecule is C[C@H]1CN(C)[C@@H]2C[C@@H]3CNc4cccc(c43)C=C21. The van der Waals surface area contributed by atoms with Crippen LogP contribution in [0.2, 0.25) is 0 Å². The van der Waals surface area contributed by atoms with E-state index in [4.69, 9.17) is 0 Å². The molecule has 1 saturated heterocycles. The number of benzene rings is 1. The molecule has 18 heavy (non-hydrogen) atoms. The Bertz CT molecular complexity index is 532. The smallest absolute Gasteiger partial charge is 0.0382 e. The van der Waals surface area contributed by atoms with Gasteiger partial charge in [0.1, 0.15) is 0 Å². The fraction of sp³-hybridized carbons (Fsp3) is 0.500. The monoisotopic (exact) mass is 240 g/mol. The van der Waals surface area contributed by atoms with E-state index in [0.717, 1.165) is 6.54 Å². The molecular formula is C16H20N2. The van der Waals surface area contributed by atoms with Gasteiger partial charge in [-0.3, -0.25) is 4.90 Å². The number of likely N-dealkylation sites (N-methyl/N-ethyl adjacent to an activating group) is 1. The van der Waals surface area contributed by atoms with Gasteiger partial charge in [0.25, 0.3) is 0 Å². The summed E-state index contributed by atoms with van der Waals surface area (Å²) in [5, 5.41) is 3.57. The fourth-order valence-corrected chi connectivity index (χ4v) is 4.11. The molecule has 1 aliphatic carbocycles. The van der Waals surface area contributed by atoms with Crippen molar-refractivity contribution in [1.82, 2.24) is 4.90 Å². The van der Waals surface area contributed by atoms with E-state index in [9.17, 15) is 0 Å². The molecule has 0 spiro atoms. The molecule has 3 aliphatic rings. The highest BCUT2D eigenvalue weighted by molar-refractivity contribution is 5.71. The van der Waals surface area contributed by atoms with Crippen LogP contribution in [0.4, 0.5) is 5.69 Å². The molecule has 0 radical (unpaired) electrons. The quantitative estimate of drug-likeness (QED) is 0.750. The summed E-state index contributed by atoms with van der Waals surface area (Å²) in [6, 6.07) is 7.36. The maximum atomic E-state index is 3.57. The second kappa shape index (κ2) is 3.61. The van der Waals surface area contributed by atoms with Gasteiger partial charge in [-0.2, -0.15) is 0 Å². The first-order chi connectivity index (χ1) is 8.74. The minimum absolute atomic E-state index is 0.658. The number of hydrogen-bond donors (Lipinski definition) is 1. The van der Waals surface area contributed by atoms with Gasteiger partial charge in [0.05, 0.1) is 0 Å². The molecule has 1 fully saturated rings. The predicted octanol–water partition coefficient (Wildman–Crippen LogP) is 2.93. The number of anilines is 1.